The van der Waals surface area contributed by atoms with Gasteiger partial charge in [0.2, 0.25) is 0 Å². The molecular weight excluding hydrogens is 259 g/mol. The van der Waals surface area contributed by atoms with E-state index in [4.69, 9.17) is 0 Å². The van der Waals surface area contributed by atoms with Crippen LogP contribution in [0.5, 0.6) is 5.19 Å². The summed E-state index contributed by atoms with van der Waals surface area (Å²) in [5, 5.41) is 1.56. The van der Waals surface area contributed by atoms with E-state index in [2.05, 4.69) is 25.7 Å². The molecule has 0 aliphatic carbocycles. The van der Waals surface area contributed by atoms with E-state index in [1.807, 2.05) is 0 Å². The molecule has 0 saturated heterocycles. The Kier molecular flexibility index (Phi) is 2.94. The van der Waals surface area contributed by atoms with Crippen LogP contribution in [0.3, 0.4) is 0 Å². The Morgan fingerprint density at radius 2 is 2.25 bits per heavy atom. The normalized spacial score (nSPS) is 11.7. The summed E-state index contributed by atoms with van der Waals surface area (Å²) in [4.78, 5) is 3.63. The summed E-state index contributed by atoms with van der Waals surface area (Å²) in [7, 11) is 0. The van der Waals surface area contributed by atoms with Crippen LogP contribution in [0.25, 0.3) is 0 Å². The number of nitrogens with zero attached hydrogens (tertiary/aromatic N) is 1. The summed E-state index contributed by atoms with van der Waals surface area (Å²) in [6, 6.07) is 0. The zero-order valence-electron chi connectivity index (χ0n) is 5.56. The van der Waals surface area contributed by atoms with E-state index >= 15 is 0 Å². The molecule has 0 saturated carbocycles. The molecule has 0 amide bonds. The predicted octanol–water partition coefficient (Wildman–Crippen LogP) is 2.85. The fraction of sp³-hybridized carbons (Fsp3) is 0.400. The van der Waals surface area contributed by atoms with Crippen molar-refractivity contribution in [1.82, 2.24) is 4.98 Å². The minimum absolute atomic E-state index is 0.0131. The van der Waals surface area contributed by atoms with Crippen LogP contribution < -0.4 is 4.74 Å². The van der Waals surface area contributed by atoms with Gasteiger partial charge in [-0.05, 0) is 15.9 Å². The number of rotatable bonds is 2. The molecule has 0 aliphatic heterocycles. The predicted molar refractivity (Wildman–Crippen MR) is 41.4 cm³/mol. The van der Waals surface area contributed by atoms with Crippen molar-refractivity contribution in [2.24, 2.45) is 0 Å². The van der Waals surface area contributed by atoms with Gasteiger partial charge in [-0.25, -0.2) is 0 Å². The summed E-state index contributed by atoms with van der Waals surface area (Å²) in [6.45, 7) is -1.30. The minimum atomic E-state index is -4.31. The number of thiazole rings is 1. The second-order valence-electron chi connectivity index (χ2n) is 1.84. The molecule has 0 N–H and O–H groups in total. The third-order valence-electron chi connectivity index (χ3n) is 0.814. The highest BCUT2D eigenvalue weighted by atomic mass is 79.9. The lowest BCUT2D eigenvalue weighted by Gasteiger charge is -2.04. The summed E-state index contributed by atoms with van der Waals surface area (Å²) >= 11 is 4.00. The smallest absolute Gasteiger partial charge is 0.422 e. The van der Waals surface area contributed by atoms with Gasteiger partial charge in [-0.3, -0.25) is 0 Å². The third kappa shape index (κ3) is 3.40. The van der Waals surface area contributed by atoms with E-state index in [1.165, 1.54) is 0 Å². The molecule has 1 heterocycles. The fourth-order valence-electron chi connectivity index (χ4n) is 0.449. The molecule has 68 valence electrons. The molecule has 7 heteroatoms. The summed E-state index contributed by atoms with van der Waals surface area (Å²) in [5.41, 5.74) is 0. The van der Waals surface area contributed by atoms with Crippen molar-refractivity contribution in [3.63, 3.8) is 0 Å². The molecule has 1 aromatic rings. The Hall–Kier alpha value is -0.300. The lowest BCUT2D eigenvalue weighted by molar-refractivity contribution is -0.153. The highest BCUT2D eigenvalue weighted by Gasteiger charge is 2.28. The summed E-state index contributed by atoms with van der Waals surface area (Å²) in [6.07, 6.45) is -4.31. The molecule has 0 atom stereocenters. The van der Waals surface area contributed by atoms with E-state index in [1.54, 1.807) is 5.38 Å². The monoisotopic (exact) mass is 261 g/mol. The van der Waals surface area contributed by atoms with Gasteiger partial charge in [0, 0.05) is 5.38 Å². The summed E-state index contributed by atoms with van der Waals surface area (Å²) < 4.78 is 39.6. The van der Waals surface area contributed by atoms with Crippen LogP contribution in [0.4, 0.5) is 13.2 Å². The van der Waals surface area contributed by atoms with Crippen LogP contribution in [0.1, 0.15) is 0 Å². The highest BCUT2D eigenvalue weighted by molar-refractivity contribution is 9.10. The Morgan fingerprint density at radius 1 is 1.58 bits per heavy atom. The highest BCUT2D eigenvalue weighted by Crippen LogP contribution is 2.24. The maximum Gasteiger partial charge on any atom is 0.422 e. The second-order valence-corrected chi connectivity index (χ2v) is 3.47. The Bertz CT molecular complexity index is 261. The standard InChI is InChI=1S/C5H3BrF3NOS/c6-3-1-12-4(10-3)11-2-5(7,8)9/h1H,2H2. The number of hydrogen-bond acceptors (Lipinski definition) is 3. The number of ether oxygens (including phenoxy) is 1. The van der Waals surface area contributed by atoms with Crippen LogP contribution in [-0.4, -0.2) is 17.8 Å². The van der Waals surface area contributed by atoms with E-state index in [9.17, 15) is 13.2 Å². The molecule has 0 aromatic carbocycles. The van der Waals surface area contributed by atoms with Crippen molar-refractivity contribution in [3.8, 4) is 5.19 Å². The van der Waals surface area contributed by atoms with Crippen LogP contribution in [0.2, 0.25) is 0 Å². The van der Waals surface area contributed by atoms with E-state index in [-0.39, 0.29) is 5.19 Å². The van der Waals surface area contributed by atoms with Crippen LogP contribution in [-0.2, 0) is 0 Å². The molecule has 0 unspecified atom stereocenters. The first-order chi connectivity index (χ1) is 5.47. The SMILES string of the molecule is FC(F)(F)COc1nc(Br)cs1. The van der Waals surface area contributed by atoms with E-state index < -0.39 is 12.8 Å². The first kappa shape index (κ1) is 9.79. The lowest BCUT2D eigenvalue weighted by atomic mass is 10.7. The van der Waals surface area contributed by atoms with Gasteiger partial charge >= 0.3 is 6.18 Å². The first-order valence-corrected chi connectivity index (χ1v) is 4.45. The fourth-order valence-corrected chi connectivity index (χ4v) is 1.54. The van der Waals surface area contributed by atoms with E-state index in [0.29, 0.717) is 4.60 Å². The van der Waals surface area contributed by atoms with Gasteiger partial charge in [-0.1, -0.05) is 11.3 Å². The number of halogens is 4. The van der Waals surface area contributed by atoms with Gasteiger partial charge < -0.3 is 4.74 Å². The van der Waals surface area contributed by atoms with Gasteiger partial charge in [0.15, 0.2) is 6.61 Å². The molecule has 12 heavy (non-hydrogen) atoms. The van der Waals surface area contributed by atoms with Crippen molar-refractivity contribution in [2.75, 3.05) is 6.61 Å². The quantitative estimate of drug-likeness (QED) is 0.817. The van der Waals surface area contributed by atoms with Gasteiger partial charge in [-0.15, -0.1) is 0 Å². The summed E-state index contributed by atoms with van der Waals surface area (Å²) in [5.74, 6) is 0. The maximum absolute atomic E-state index is 11.6. The average Bonchev–Trinajstić information content (AvgIpc) is 2.30. The first-order valence-electron chi connectivity index (χ1n) is 2.78. The van der Waals surface area contributed by atoms with E-state index in [0.717, 1.165) is 11.3 Å². The lowest BCUT2D eigenvalue weighted by Crippen LogP contribution is -2.19. The topological polar surface area (TPSA) is 22.1 Å². The molecule has 1 aromatic heterocycles. The van der Waals surface area contributed by atoms with Crippen LogP contribution in [0.15, 0.2) is 9.98 Å². The van der Waals surface area contributed by atoms with Crippen molar-refractivity contribution in [2.45, 2.75) is 6.18 Å². The molecule has 0 spiro atoms. The average molecular weight is 262 g/mol. The zero-order valence-corrected chi connectivity index (χ0v) is 7.96. The Labute approximate surface area is 78.5 Å². The molecule has 0 radical (unpaired) electrons. The molecule has 1 rings (SSSR count). The minimum Gasteiger partial charge on any atom is -0.460 e. The number of alkyl halides is 3. The van der Waals surface area contributed by atoms with Gasteiger partial charge in [-0.2, -0.15) is 18.2 Å². The van der Waals surface area contributed by atoms with Crippen molar-refractivity contribution in [1.29, 1.82) is 0 Å². The van der Waals surface area contributed by atoms with Gasteiger partial charge in [0.1, 0.15) is 4.60 Å². The molecule has 0 aliphatic rings. The molecule has 2 nitrogen and oxygen atoms in total. The second kappa shape index (κ2) is 3.61. The molecular formula is C5H3BrF3NOS. The van der Waals surface area contributed by atoms with Crippen molar-refractivity contribution >= 4 is 27.3 Å². The number of hydrogen-bond donors (Lipinski definition) is 0. The third-order valence-corrected chi connectivity index (χ3v) is 2.28. The van der Waals surface area contributed by atoms with Gasteiger partial charge in [0.05, 0.1) is 0 Å². The molecule has 0 bridgehead atoms. The van der Waals surface area contributed by atoms with Gasteiger partial charge in [0.25, 0.3) is 5.19 Å². The largest absolute Gasteiger partial charge is 0.460 e. The Balaban J connectivity index is 2.44. The van der Waals surface area contributed by atoms with Crippen molar-refractivity contribution in [3.05, 3.63) is 9.98 Å². The maximum atomic E-state index is 11.6. The van der Waals surface area contributed by atoms with Crippen molar-refractivity contribution < 1.29 is 17.9 Å². The van der Waals surface area contributed by atoms with Crippen LogP contribution >= 0.6 is 27.3 Å². The Morgan fingerprint density at radius 3 is 2.67 bits per heavy atom. The van der Waals surface area contributed by atoms with Crippen LogP contribution in [0, 0.1) is 0 Å². The number of aromatic nitrogens is 1. The molecule has 0 fully saturated rings. The zero-order chi connectivity index (χ0) is 9.19.